The lowest BCUT2D eigenvalue weighted by Crippen LogP contribution is -1.97. The minimum Gasteiger partial charge on any atom is -0.457 e. The monoisotopic (exact) mass is 306 g/mol. The van der Waals surface area contributed by atoms with E-state index in [1.54, 1.807) is 6.92 Å². The van der Waals surface area contributed by atoms with Gasteiger partial charge in [-0.2, -0.15) is 0 Å². The normalized spacial score (nSPS) is 12.2. The molecule has 0 aliphatic heterocycles. The number of benzene rings is 2. The van der Waals surface area contributed by atoms with E-state index < -0.39 is 6.10 Å². The Morgan fingerprint density at radius 1 is 1.11 bits per heavy atom. The third-order valence-corrected chi connectivity index (χ3v) is 3.23. The Bertz CT molecular complexity index is 550. The minimum absolute atomic E-state index is 0.568. The van der Waals surface area contributed by atoms with Crippen molar-refractivity contribution in [2.45, 2.75) is 20.0 Å². The van der Waals surface area contributed by atoms with Crippen molar-refractivity contribution >= 4 is 15.9 Å². The molecule has 2 rings (SSSR count). The number of aliphatic hydroxyl groups is 1. The lowest BCUT2D eigenvalue weighted by molar-refractivity contribution is 0.195. The predicted octanol–water partition coefficient (Wildman–Crippen LogP) is 4.60. The fourth-order valence-corrected chi connectivity index (χ4v) is 2.11. The summed E-state index contributed by atoms with van der Waals surface area (Å²) >= 11 is 3.40. The molecule has 0 bridgehead atoms. The van der Waals surface area contributed by atoms with Crippen LogP contribution in [0, 0.1) is 6.92 Å². The Labute approximate surface area is 115 Å². The molecule has 0 heterocycles. The van der Waals surface area contributed by atoms with Gasteiger partial charge in [0.1, 0.15) is 11.5 Å². The van der Waals surface area contributed by atoms with Crippen LogP contribution in [0.2, 0.25) is 0 Å². The van der Waals surface area contributed by atoms with Crippen LogP contribution in [0.1, 0.15) is 24.2 Å². The van der Waals surface area contributed by atoms with Gasteiger partial charge in [0.05, 0.1) is 6.10 Å². The molecule has 2 nitrogen and oxygen atoms in total. The maximum Gasteiger partial charge on any atom is 0.133 e. The summed E-state index contributed by atoms with van der Waals surface area (Å²) in [5.41, 5.74) is 1.84. The van der Waals surface area contributed by atoms with Crippen molar-refractivity contribution in [2.24, 2.45) is 0 Å². The molecule has 0 aromatic heterocycles. The molecule has 0 saturated carbocycles. The van der Waals surface area contributed by atoms with Gasteiger partial charge in [0.15, 0.2) is 0 Å². The molecule has 3 heteroatoms. The van der Waals surface area contributed by atoms with Gasteiger partial charge in [0.2, 0.25) is 0 Å². The van der Waals surface area contributed by atoms with Gasteiger partial charge in [-0.1, -0.05) is 34.1 Å². The maximum absolute atomic E-state index is 9.78. The van der Waals surface area contributed by atoms with E-state index in [2.05, 4.69) is 15.9 Å². The zero-order chi connectivity index (χ0) is 13.1. The highest BCUT2D eigenvalue weighted by Crippen LogP contribution is 2.33. The van der Waals surface area contributed by atoms with Crippen molar-refractivity contribution in [2.75, 3.05) is 0 Å². The molecule has 0 saturated heterocycles. The fraction of sp³-hybridized carbons (Fsp3) is 0.200. The number of aliphatic hydroxyl groups excluding tert-OH is 1. The largest absolute Gasteiger partial charge is 0.457 e. The second kappa shape index (κ2) is 5.55. The summed E-state index contributed by atoms with van der Waals surface area (Å²) in [6.45, 7) is 3.72. The average molecular weight is 307 g/mol. The van der Waals surface area contributed by atoms with Crippen LogP contribution < -0.4 is 4.74 Å². The molecule has 2 aromatic carbocycles. The van der Waals surface area contributed by atoms with Crippen molar-refractivity contribution in [3.05, 3.63) is 58.1 Å². The van der Waals surface area contributed by atoms with E-state index in [0.717, 1.165) is 21.3 Å². The first-order chi connectivity index (χ1) is 8.58. The summed E-state index contributed by atoms with van der Waals surface area (Å²) < 4.78 is 6.80. The van der Waals surface area contributed by atoms with Crippen LogP contribution >= 0.6 is 15.9 Å². The first kappa shape index (κ1) is 13.1. The third-order valence-electron chi connectivity index (χ3n) is 2.74. The Balaban J connectivity index is 2.37. The van der Waals surface area contributed by atoms with Crippen LogP contribution in [0.4, 0.5) is 0 Å². The maximum atomic E-state index is 9.78. The van der Waals surface area contributed by atoms with Crippen molar-refractivity contribution in [3.8, 4) is 11.5 Å². The lowest BCUT2D eigenvalue weighted by atomic mass is 10.1. The number of ether oxygens (including phenoxy) is 1. The number of halogens is 1. The van der Waals surface area contributed by atoms with Crippen LogP contribution in [-0.4, -0.2) is 5.11 Å². The van der Waals surface area contributed by atoms with Gasteiger partial charge in [-0.15, -0.1) is 0 Å². The first-order valence-electron chi connectivity index (χ1n) is 5.79. The topological polar surface area (TPSA) is 29.5 Å². The smallest absolute Gasteiger partial charge is 0.133 e. The highest BCUT2D eigenvalue weighted by Gasteiger charge is 2.11. The van der Waals surface area contributed by atoms with E-state index in [9.17, 15) is 5.11 Å². The zero-order valence-electron chi connectivity index (χ0n) is 10.4. The molecule has 1 N–H and O–H groups in total. The molecule has 18 heavy (non-hydrogen) atoms. The summed E-state index contributed by atoms with van der Waals surface area (Å²) in [5.74, 6) is 1.49. The molecule has 0 radical (unpaired) electrons. The Kier molecular flexibility index (Phi) is 4.04. The number of para-hydroxylation sites is 1. The molecular formula is C15H15BrO2. The van der Waals surface area contributed by atoms with Crippen LogP contribution in [0.25, 0.3) is 0 Å². The summed E-state index contributed by atoms with van der Waals surface area (Å²) in [6, 6.07) is 13.5. The van der Waals surface area contributed by atoms with Crippen molar-refractivity contribution in [1.29, 1.82) is 0 Å². The van der Waals surface area contributed by atoms with Crippen LogP contribution in [0.3, 0.4) is 0 Å². The van der Waals surface area contributed by atoms with E-state index in [4.69, 9.17) is 4.74 Å². The van der Waals surface area contributed by atoms with Gasteiger partial charge in [-0.25, -0.2) is 0 Å². The van der Waals surface area contributed by atoms with Gasteiger partial charge in [0, 0.05) is 10.0 Å². The van der Waals surface area contributed by atoms with Crippen molar-refractivity contribution < 1.29 is 9.84 Å². The molecule has 1 atom stereocenters. The predicted molar refractivity (Wildman–Crippen MR) is 76.0 cm³/mol. The fourth-order valence-electron chi connectivity index (χ4n) is 1.73. The minimum atomic E-state index is -0.568. The Morgan fingerprint density at radius 2 is 1.83 bits per heavy atom. The summed E-state index contributed by atoms with van der Waals surface area (Å²) in [6.07, 6.45) is -0.568. The molecule has 0 spiro atoms. The molecule has 2 aromatic rings. The van der Waals surface area contributed by atoms with Gasteiger partial charge >= 0.3 is 0 Å². The third kappa shape index (κ3) is 2.92. The second-order valence-corrected chi connectivity index (χ2v) is 5.14. The molecule has 0 aliphatic rings. The standard InChI is InChI=1S/C15H15BrO2/c1-10-5-3-4-6-14(10)18-15-8-7-12(16)9-13(15)11(2)17/h3-9,11,17H,1-2H3. The highest BCUT2D eigenvalue weighted by atomic mass is 79.9. The molecule has 1 unspecified atom stereocenters. The van der Waals surface area contributed by atoms with Crippen molar-refractivity contribution in [3.63, 3.8) is 0 Å². The highest BCUT2D eigenvalue weighted by molar-refractivity contribution is 9.10. The average Bonchev–Trinajstić information content (AvgIpc) is 2.34. The second-order valence-electron chi connectivity index (χ2n) is 4.23. The van der Waals surface area contributed by atoms with E-state index in [0.29, 0.717) is 5.75 Å². The SMILES string of the molecule is Cc1ccccc1Oc1ccc(Br)cc1C(C)O. The van der Waals surface area contributed by atoms with E-state index in [1.807, 2.05) is 49.4 Å². The van der Waals surface area contributed by atoms with Crippen molar-refractivity contribution in [1.82, 2.24) is 0 Å². The lowest BCUT2D eigenvalue weighted by Gasteiger charge is -2.14. The van der Waals surface area contributed by atoms with Gasteiger partial charge in [-0.05, 0) is 43.7 Å². The zero-order valence-corrected chi connectivity index (χ0v) is 11.9. The van der Waals surface area contributed by atoms with Crippen LogP contribution in [0.15, 0.2) is 46.9 Å². The molecule has 0 aliphatic carbocycles. The molecular weight excluding hydrogens is 292 g/mol. The quantitative estimate of drug-likeness (QED) is 0.897. The number of rotatable bonds is 3. The first-order valence-corrected chi connectivity index (χ1v) is 6.58. The Hall–Kier alpha value is -1.32. The summed E-state index contributed by atoms with van der Waals surface area (Å²) in [4.78, 5) is 0. The van der Waals surface area contributed by atoms with Gasteiger partial charge in [-0.3, -0.25) is 0 Å². The molecule has 0 fully saturated rings. The molecule has 94 valence electrons. The summed E-state index contributed by atoms with van der Waals surface area (Å²) in [5, 5.41) is 9.78. The van der Waals surface area contributed by atoms with Crippen LogP contribution in [-0.2, 0) is 0 Å². The number of aryl methyl sites for hydroxylation is 1. The van der Waals surface area contributed by atoms with Crippen LogP contribution in [0.5, 0.6) is 11.5 Å². The summed E-state index contributed by atoms with van der Waals surface area (Å²) in [7, 11) is 0. The van der Waals surface area contributed by atoms with E-state index in [1.165, 1.54) is 0 Å². The Morgan fingerprint density at radius 3 is 2.50 bits per heavy atom. The van der Waals surface area contributed by atoms with E-state index in [-0.39, 0.29) is 0 Å². The van der Waals surface area contributed by atoms with Gasteiger partial charge < -0.3 is 9.84 Å². The number of hydrogen-bond acceptors (Lipinski definition) is 2. The molecule has 0 amide bonds. The van der Waals surface area contributed by atoms with Gasteiger partial charge in [0.25, 0.3) is 0 Å². The number of hydrogen-bond donors (Lipinski definition) is 1. The van der Waals surface area contributed by atoms with E-state index >= 15 is 0 Å².